The number of hydrogen-bond acceptors (Lipinski definition) is 11. The fourth-order valence-electron chi connectivity index (χ4n) is 3.58. The summed E-state index contributed by atoms with van der Waals surface area (Å²) in [5.41, 5.74) is 3.78. The zero-order chi connectivity index (χ0) is 26.5. The summed E-state index contributed by atoms with van der Waals surface area (Å²) in [7, 11) is 0. The molecule has 0 unspecified atom stereocenters. The highest BCUT2D eigenvalue weighted by Crippen LogP contribution is 2.32. The van der Waals surface area contributed by atoms with Gasteiger partial charge in [-0.05, 0) is 42.5 Å². The third kappa shape index (κ3) is 6.96. The highest BCUT2D eigenvalue weighted by atomic mass is 35.5. The molecule has 3 heterocycles. The van der Waals surface area contributed by atoms with Crippen LogP contribution in [0.3, 0.4) is 0 Å². The second kappa shape index (κ2) is 12.5. The van der Waals surface area contributed by atoms with Gasteiger partial charge < -0.3 is 19.4 Å². The average molecular weight is 575 g/mol. The van der Waals surface area contributed by atoms with Crippen molar-refractivity contribution in [3.63, 3.8) is 0 Å². The van der Waals surface area contributed by atoms with Gasteiger partial charge in [-0.3, -0.25) is 10.1 Å². The van der Waals surface area contributed by atoms with Crippen LogP contribution >= 0.6 is 24.0 Å². The molecule has 5 rings (SSSR count). The Bertz CT molecular complexity index is 1480. The minimum absolute atomic E-state index is 0. The molecule has 12 nitrogen and oxygen atoms in total. The van der Waals surface area contributed by atoms with Gasteiger partial charge in [0.1, 0.15) is 17.3 Å². The van der Waals surface area contributed by atoms with Crippen LogP contribution in [0.4, 0.5) is 33.6 Å². The Balaban J connectivity index is 0.00000353. The van der Waals surface area contributed by atoms with Gasteiger partial charge in [0.15, 0.2) is 0 Å². The Morgan fingerprint density at radius 2 is 1.79 bits per heavy atom. The number of nitrogens with zero attached hydrogens (tertiary/aromatic N) is 6. The van der Waals surface area contributed by atoms with Gasteiger partial charge in [0.25, 0.3) is 5.69 Å². The van der Waals surface area contributed by atoms with Crippen molar-refractivity contribution in [2.45, 2.75) is 0 Å². The van der Waals surface area contributed by atoms with E-state index >= 15 is 0 Å². The van der Waals surface area contributed by atoms with Gasteiger partial charge in [0.05, 0.1) is 29.4 Å². The number of hydrazone groups is 1. The standard InChI is InChI=1S/C24H20ClFN8O4.ClH/c25-20-13-17(34(35)36)5-7-19(20)21-8-6-18(38-21)14-27-32-23-29-22(28-16-3-1-15(26)2-4-16)30-24(31-23)33-9-11-37-12-10-33;/h1-8,13-14H,9-12H2,(H2,28,29,30,31,32);1H/b27-14-;. The topological polar surface area (TPSA) is 144 Å². The molecule has 15 heteroatoms. The van der Waals surface area contributed by atoms with E-state index in [1.54, 1.807) is 24.3 Å². The number of anilines is 4. The first-order valence-corrected chi connectivity index (χ1v) is 11.8. The summed E-state index contributed by atoms with van der Waals surface area (Å²) in [6.07, 6.45) is 1.42. The quantitative estimate of drug-likeness (QED) is 0.162. The summed E-state index contributed by atoms with van der Waals surface area (Å²) < 4.78 is 24.5. The summed E-state index contributed by atoms with van der Waals surface area (Å²) in [6, 6.07) is 13.3. The Morgan fingerprint density at radius 3 is 2.51 bits per heavy atom. The number of hydrogen-bond donors (Lipinski definition) is 2. The van der Waals surface area contributed by atoms with Crippen LogP contribution in [0.15, 0.2) is 64.1 Å². The van der Waals surface area contributed by atoms with E-state index in [0.717, 1.165) is 0 Å². The molecule has 0 atom stereocenters. The van der Waals surface area contributed by atoms with Crippen molar-refractivity contribution in [3.05, 3.63) is 81.3 Å². The molecule has 1 saturated heterocycles. The maximum absolute atomic E-state index is 13.3. The van der Waals surface area contributed by atoms with Crippen molar-refractivity contribution in [1.29, 1.82) is 0 Å². The zero-order valence-corrected chi connectivity index (χ0v) is 21.7. The number of nitro groups is 1. The number of morpholine rings is 1. The Labute approximate surface area is 232 Å². The first kappa shape index (κ1) is 27.7. The van der Waals surface area contributed by atoms with E-state index in [1.165, 1.54) is 36.5 Å². The van der Waals surface area contributed by atoms with Gasteiger partial charge in [-0.15, -0.1) is 12.4 Å². The normalized spacial score (nSPS) is 13.2. The highest BCUT2D eigenvalue weighted by Gasteiger charge is 2.17. The molecule has 1 aliphatic rings. The minimum Gasteiger partial charge on any atom is -0.455 e. The molecule has 202 valence electrons. The Hall–Kier alpha value is -4.33. The van der Waals surface area contributed by atoms with Gasteiger partial charge >= 0.3 is 0 Å². The van der Waals surface area contributed by atoms with Crippen LogP contribution in [0.5, 0.6) is 0 Å². The van der Waals surface area contributed by atoms with Crippen LogP contribution in [-0.4, -0.2) is 52.4 Å². The van der Waals surface area contributed by atoms with E-state index in [-0.39, 0.29) is 40.8 Å². The number of nitrogens with one attached hydrogen (secondary N) is 2. The molecule has 0 radical (unpaired) electrons. The number of ether oxygens (including phenoxy) is 1. The summed E-state index contributed by atoms with van der Waals surface area (Å²) in [5.74, 6) is 1.32. The molecule has 2 aromatic carbocycles. The van der Waals surface area contributed by atoms with Crippen molar-refractivity contribution in [2.75, 3.05) is 41.9 Å². The highest BCUT2D eigenvalue weighted by molar-refractivity contribution is 6.33. The lowest BCUT2D eigenvalue weighted by Crippen LogP contribution is -2.37. The number of rotatable bonds is 8. The van der Waals surface area contributed by atoms with Crippen molar-refractivity contribution in [1.82, 2.24) is 15.0 Å². The van der Waals surface area contributed by atoms with Crippen LogP contribution in [0.1, 0.15) is 5.76 Å². The lowest BCUT2D eigenvalue weighted by molar-refractivity contribution is -0.384. The van der Waals surface area contributed by atoms with Crippen molar-refractivity contribution >= 4 is 59.4 Å². The molecule has 2 N–H and O–H groups in total. The number of nitro benzene ring substituents is 1. The summed E-state index contributed by atoms with van der Waals surface area (Å²) >= 11 is 6.19. The van der Waals surface area contributed by atoms with Gasteiger partial charge in [-0.25, -0.2) is 9.82 Å². The van der Waals surface area contributed by atoms with E-state index in [0.29, 0.717) is 55.0 Å². The van der Waals surface area contributed by atoms with Crippen molar-refractivity contribution in [3.8, 4) is 11.3 Å². The number of furan rings is 1. The van der Waals surface area contributed by atoms with Crippen LogP contribution in [-0.2, 0) is 4.74 Å². The first-order valence-electron chi connectivity index (χ1n) is 11.4. The molecule has 1 aliphatic heterocycles. The van der Waals surface area contributed by atoms with Crippen LogP contribution < -0.4 is 15.6 Å². The predicted octanol–water partition coefficient (Wildman–Crippen LogP) is 5.28. The summed E-state index contributed by atoms with van der Waals surface area (Å²) in [6.45, 7) is 2.33. The van der Waals surface area contributed by atoms with Crippen LogP contribution in [0, 0.1) is 15.9 Å². The fraction of sp³-hybridized carbons (Fsp3) is 0.167. The van der Waals surface area contributed by atoms with Crippen LogP contribution in [0.2, 0.25) is 5.02 Å². The fourth-order valence-corrected chi connectivity index (χ4v) is 3.84. The number of non-ortho nitro benzene ring substituents is 1. The predicted molar refractivity (Wildman–Crippen MR) is 147 cm³/mol. The van der Waals surface area contributed by atoms with Gasteiger partial charge in [0.2, 0.25) is 17.8 Å². The molecular formula is C24H21Cl2FN8O4. The second-order valence-corrected chi connectivity index (χ2v) is 8.41. The number of aromatic nitrogens is 3. The summed E-state index contributed by atoms with van der Waals surface area (Å²) in [4.78, 5) is 25.7. The molecule has 0 spiro atoms. The van der Waals surface area contributed by atoms with E-state index in [9.17, 15) is 14.5 Å². The second-order valence-electron chi connectivity index (χ2n) is 8.01. The molecule has 0 saturated carbocycles. The Morgan fingerprint density at radius 1 is 1.05 bits per heavy atom. The first-order chi connectivity index (χ1) is 18.4. The molecule has 2 aromatic heterocycles. The van der Waals surface area contributed by atoms with Gasteiger partial charge in [0, 0.05) is 36.5 Å². The molecule has 4 aromatic rings. The lowest BCUT2D eigenvalue weighted by Gasteiger charge is -2.27. The third-order valence-corrected chi connectivity index (χ3v) is 5.74. The zero-order valence-electron chi connectivity index (χ0n) is 20.1. The maximum atomic E-state index is 13.3. The average Bonchev–Trinajstić information content (AvgIpc) is 3.39. The molecule has 0 amide bonds. The van der Waals surface area contributed by atoms with Gasteiger partial charge in [-0.1, -0.05) is 11.6 Å². The molecule has 1 fully saturated rings. The van der Waals surface area contributed by atoms with E-state index in [1.807, 2.05) is 4.90 Å². The van der Waals surface area contributed by atoms with Crippen molar-refractivity contribution < 1.29 is 18.5 Å². The smallest absolute Gasteiger partial charge is 0.270 e. The van der Waals surface area contributed by atoms with Crippen LogP contribution in [0.25, 0.3) is 11.3 Å². The molecule has 0 aliphatic carbocycles. The molecule has 39 heavy (non-hydrogen) atoms. The number of benzene rings is 2. The monoisotopic (exact) mass is 574 g/mol. The maximum Gasteiger partial charge on any atom is 0.270 e. The van der Waals surface area contributed by atoms with E-state index < -0.39 is 4.92 Å². The van der Waals surface area contributed by atoms with Crippen molar-refractivity contribution in [2.24, 2.45) is 5.10 Å². The summed E-state index contributed by atoms with van der Waals surface area (Å²) in [5, 5.41) is 18.3. The third-order valence-electron chi connectivity index (χ3n) is 5.43. The largest absolute Gasteiger partial charge is 0.455 e. The van der Waals surface area contributed by atoms with Gasteiger partial charge in [-0.2, -0.15) is 20.1 Å². The number of halogens is 3. The SMILES string of the molecule is Cl.O=[N+]([O-])c1ccc(-c2ccc(/C=N\Nc3nc(Nc4ccc(F)cc4)nc(N4CCOCC4)n3)o2)c(Cl)c1. The lowest BCUT2D eigenvalue weighted by atomic mass is 10.1. The minimum atomic E-state index is -0.520. The Kier molecular flexibility index (Phi) is 8.86. The van der Waals surface area contributed by atoms with E-state index in [4.69, 9.17) is 20.8 Å². The molecule has 0 bridgehead atoms. The van der Waals surface area contributed by atoms with E-state index in [2.05, 4.69) is 30.8 Å². The molecular weight excluding hydrogens is 554 g/mol.